The van der Waals surface area contributed by atoms with Crippen molar-refractivity contribution in [2.24, 2.45) is 5.10 Å². The van der Waals surface area contributed by atoms with Crippen LogP contribution in [0.2, 0.25) is 0 Å². The maximum absolute atomic E-state index is 13.5. The van der Waals surface area contributed by atoms with Crippen LogP contribution in [0.5, 0.6) is 11.6 Å². The van der Waals surface area contributed by atoms with Crippen LogP contribution in [0.3, 0.4) is 0 Å². The minimum Gasteiger partial charge on any atom is -0.431 e. The number of para-hydroxylation sites is 1. The highest BCUT2D eigenvalue weighted by Gasteiger charge is 2.31. The van der Waals surface area contributed by atoms with Crippen molar-refractivity contribution in [3.05, 3.63) is 125 Å². The fourth-order valence-electron chi connectivity index (χ4n) is 3.96. The summed E-state index contributed by atoms with van der Waals surface area (Å²) in [4.78, 5) is 43.1. The maximum atomic E-state index is 13.5. The summed E-state index contributed by atoms with van der Waals surface area (Å²) in [6, 6.07) is 15.1. The van der Waals surface area contributed by atoms with Crippen LogP contribution in [0.4, 0.5) is 24.5 Å². The van der Waals surface area contributed by atoms with E-state index < -0.39 is 32.8 Å². The van der Waals surface area contributed by atoms with Crippen LogP contribution < -0.4 is 10.3 Å². The smallest absolute Gasteiger partial charge is 0.416 e. The van der Waals surface area contributed by atoms with Gasteiger partial charge < -0.3 is 4.74 Å². The number of halogens is 4. The molecule has 0 radical (unpaired) electrons. The SMILES string of the molecule is O=c1c2ccccc2nc(-c2cccc(C(F)(F)F)c2)n1N=Cc1cc(Br)cc([N+](=O)[O-])c1Oc1ccc([N+](=O)[O-])cn1. The van der Waals surface area contributed by atoms with E-state index in [-0.39, 0.29) is 49.6 Å². The van der Waals surface area contributed by atoms with Gasteiger partial charge in [0.1, 0.15) is 6.20 Å². The fraction of sp³-hybridized carbons (Fsp3) is 0.0370. The zero-order valence-corrected chi connectivity index (χ0v) is 22.8. The number of nitro groups is 2. The lowest BCUT2D eigenvalue weighted by molar-refractivity contribution is -0.385. The van der Waals surface area contributed by atoms with E-state index in [0.717, 1.165) is 53.5 Å². The lowest BCUT2D eigenvalue weighted by Crippen LogP contribution is -2.20. The molecule has 2 aromatic heterocycles. The lowest BCUT2D eigenvalue weighted by atomic mass is 10.1. The van der Waals surface area contributed by atoms with Crippen LogP contribution >= 0.6 is 15.9 Å². The predicted molar refractivity (Wildman–Crippen MR) is 151 cm³/mol. The molecular formula is C27H14BrF3N6O6. The molecule has 16 heteroatoms. The normalized spacial score (nSPS) is 11.6. The van der Waals surface area contributed by atoms with Gasteiger partial charge in [-0.05, 0) is 30.3 Å². The Balaban J connectivity index is 1.69. The molecule has 0 spiro atoms. The summed E-state index contributed by atoms with van der Waals surface area (Å²) in [5, 5.41) is 27.1. The summed E-state index contributed by atoms with van der Waals surface area (Å²) in [7, 11) is 0. The third kappa shape index (κ3) is 6.08. The summed E-state index contributed by atoms with van der Waals surface area (Å²) in [6.07, 6.45) is -2.74. The summed E-state index contributed by atoms with van der Waals surface area (Å²) in [5.41, 5.74) is -2.49. The van der Waals surface area contributed by atoms with Crippen LogP contribution in [-0.4, -0.2) is 30.7 Å². The molecule has 216 valence electrons. The molecule has 0 amide bonds. The number of aromatic nitrogens is 3. The molecule has 0 N–H and O–H groups in total. The molecule has 0 atom stereocenters. The molecule has 43 heavy (non-hydrogen) atoms. The maximum Gasteiger partial charge on any atom is 0.416 e. The Morgan fingerprint density at radius 2 is 1.74 bits per heavy atom. The van der Waals surface area contributed by atoms with Crippen LogP contribution in [0.1, 0.15) is 11.1 Å². The van der Waals surface area contributed by atoms with Crippen molar-refractivity contribution in [2.45, 2.75) is 6.18 Å². The molecule has 0 fully saturated rings. The van der Waals surface area contributed by atoms with Crippen molar-refractivity contribution >= 4 is 44.4 Å². The number of rotatable bonds is 7. The second kappa shape index (κ2) is 11.4. The first-order valence-corrected chi connectivity index (χ1v) is 12.7. The highest BCUT2D eigenvalue weighted by atomic mass is 79.9. The van der Waals surface area contributed by atoms with Crippen LogP contribution in [-0.2, 0) is 6.18 Å². The van der Waals surface area contributed by atoms with E-state index in [0.29, 0.717) is 0 Å². The van der Waals surface area contributed by atoms with E-state index >= 15 is 0 Å². The van der Waals surface area contributed by atoms with Crippen LogP contribution in [0, 0.1) is 20.2 Å². The van der Waals surface area contributed by atoms with Gasteiger partial charge in [0.2, 0.25) is 11.6 Å². The molecule has 0 bridgehead atoms. The van der Waals surface area contributed by atoms with Crippen LogP contribution in [0.25, 0.3) is 22.3 Å². The van der Waals surface area contributed by atoms with Gasteiger partial charge in [-0.1, -0.05) is 40.2 Å². The fourth-order valence-corrected chi connectivity index (χ4v) is 4.42. The molecule has 5 aromatic rings. The van der Waals surface area contributed by atoms with E-state index in [1.54, 1.807) is 12.1 Å². The van der Waals surface area contributed by atoms with Gasteiger partial charge in [0.05, 0.1) is 32.5 Å². The summed E-state index contributed by atoms with van der Waals surface area (Å²) < 4.78 is 47.1. The highest BCUT2D eigenvalue weighted by molar-refractivity contribution is 9.10. The molecule has 0 aliphatic carbocycles. The van der Waals surface area contributed by atoms with E-state index in [4.69, 9.17) is 4.74 Å². The molecular weight excluding hydrogens is 641 g/mol. The average molecular weight is 655 g/mol. The van der Waals surface area contributed by atoms with Crippen molar-refractivity contribution < 1.29 is 27.8 Å². The molecule has 0 unspecified atom stereocenters. The molecule has 0 saturated carbocycles. The first-order chi connectivity index (χ1) is 20.4. The number of hydrogen-bond donors (Lipinski definition) is 0. The number of hydrogen-bond acceptors (Lipinski definition) is 9. The molecule has 3 aromatic carbocycles. The van der Waals surface area contributed by atoms with E-state index in [9.17, 15) is 38.2 Å². The van der Waals surface area contributed by atoms with Crippen molar-refractivity contribution in [2.75, 3.05) is 0 Å². The second-order valence-electron chi connectivity index (χ2n) is 8.71. The Bertz CT molecular complexity index is 2000. The first-order valence-electron chi connectivity index (χ1n) is 11.9. The van der Waals surface area contributed by atoms with Gasteiger partial charge in [-0.3, -0.25) is 25.0 Å². The number of benzene rings is 3. The third-order valence-corrected chi connectivity index (χ3v) is 6.37. The topological polar surface area (TPSA) is 156 Å². The third-order valence-electron chi connectivity index (χ3n) is 5.91. The van der Waals surface area contributed by atoms with Gasteiger partial charge in [-0.15, -0.1) is 0 Å². The number of alkyl halides is 3. The Kier molecular flexibility index (Phi) is 7.69. The van der Waals surface area contributed by atoms with E-state index in [1.165, 1.54) is 24.3 Å². The quantitative estimate of drug-likeness (QED) is 0.106. The number of ether oxygens (including phenoxy) is 1. The Morgan fingerprint density at radius 3 is 2.42 bits per heavy atom. The number of pyridine rings is 1. The lowest BCUT2D eigenvalue weighted by Gasteiger charge is -2.12. The van der Waals surface area contributed by atoms with Gasteiger partial charge in [0.15, 0.2) is 5.82 Å². The van der Waals surface area contributed by atoms with Gasteiger partial charge >= 0.3 is 11.9 Å². The molecule has 0 aliphatic rings. The van der Waals surface area contributed by atoms with Gasteiger partial charge in [-0.2, -0.15) is 22.9 Å². The van der Waals surface area contributed by atoms with Crippen molar-refractivity contribution in [3.8, 4) is 23.0 Å². The Morgan fingerprint density at radius 1 is 0.977 bits per heavy atom. The van der Waals surface area contributed by atoms with Crippen LogP contribution in [0.15, 0.2) is 93.4 Å². The van der Waals surface area contributed by atoms with Crippen molar-refractivity contribution in [1.82, 2.24) is 14.6 Å². The van der Waals surface area contributed by atoms with Gasteiger partial charge in [0.25, 0.3) is 11.2 Å². The summed E-state index contributed by atoms with van der Waals surface area (Å²) in [6.45, 7) is 0. The first kappa shape index (κ1) is 29.0. The second-order valence-corrected chi connectivity index (χ2v) is 9.62. The number of nitrogens with zero attached hydrogens (tertiary/aromatic N) is 6. The minimum atomic E-state index is -4.67. The zero-order chi connectivity index (χ0) is 30.9. The van der Waals surface area contributed by atoms with Crippen molar-refractivity contribution in [3.63, 3.8) is 0 Å². The standard InChI is InChI=1S/C27H14BrF3N6O6/c28-18-11-16(24(22(12-18)37(41)42)43-23-9-8-19(14-32-23)36(39)40)13-33-35-25(15-4-3-5-17(10-15)27(29,30)31)34-21-7-2-1-6-20(21)26(35)38/h1-14H. The van der Waals surface area contributed by atoms with Gasteiger partial charge in [-0.25, -0.2) is 9.97 Å². The van der Waals surface area contributed by atoms with E-state index in [2.05, 4.69) is 31.0 Å². The van der Waals surface area contributed by atoms with Crippen molar-refractivity contribution in [1.29, 1.82) is 0 Å². The molecule has 5 rings (SSSR count). The summed E-state index contributed by atoms with van der Waals surface area (Å²) in [5.74, 6) is -0.823. The highest BCUT2D eigenvalue weighted by Crippen LogP contribution is 2.37. The zero-order valence-electron chi connectivity index (χ0n) is 21.2. The minimum absolute atomic E-state index is 0.0451. The molecule has 2 heterocycles. The summed E-state index contributed by atoms with van der Waals surface area (Å²) >= 11 is 3.18. The predicted octanol–water partition coefficient (Wildman–Crippen LogP) is 6.73. The number of fused-ring (bicyclic) bond motifs is 1. The number of nitro benzene ring substituents is 1. The largest absolute Gasteiger partial charge is 0.431 e. The molecule has 12 nitrogen and oxygen atoms in total. The Labute approximate surface area is 246 Å². The van der Waals surface area contributed by atoms with Gasteiger partial charge in [0, 0.05) is 33.8 Å². The monoisotopic (exact) mass is 654 g/mol. The average Bonchev–Trinajstić information content (AvgIpc) is 2.97. The molecule has 0 saturated heterocycles. The Hall–Kier alpha value is -5.51. The molecule has 0 aliphatic heterocycles. The van der Waals surface area contributed by atoms with E-state index in [1.807, 2.05) is 0 Å².